The number of nitrogens with zero attached hydrogens (tertiary/aromatic N) is 2. The molecule has 1 heterocycles. The van der Waals surface area contributed by atoms with E-state index in [-0.39, 0.29) is 5.97 Å². The van der Waals surface area contributed by atoms with Crippen LogP contribution in [0.4, 0.5) is 0 Å². The molecule has 4 heteroatoms. The van der Waals surface area contributed by atoms with Crippen LogP contribution in [0.3, 0.4) is 0 Å². The van der Waals surface area contributed by atoms with Crippen LogP contribution < -0.4 is 0 Å². The third-order valence-corrected chi connectivity index (χ3v) is 1.87. The summed E-state index contributed by atoms with van der Waals surface area (Å²) in [6.07, 6.45) is 5.05. The summed E-state index contributed by atoms with van der Waals surface area (Å²) in [6.45, 7) is 2.16. The van der Waals surface area contributed by atoms with Gasteiger partial charge >= 0.3 is 5.97 Å². The first-order valence-electron chi connectivity index (χ1n) is 5.11. The summed E-state index contributed by atoms with van der Waals surface area (Å²) in [7, 11) is 3.72. The molecule has 86 valence electrons. The maximum Gasteiger partial charge on any atom is 0.340 e. The van der Waals surface area contributed by atoms with Gasteiger partial charge in [-0.2, -0.15) is 0 Å². The number of aromatic nitrogens is 1. The topological polar surface area (TPSA) is 42.4 Å². The molecule has 0 aliphatic rings. The summed E-state index contributed by atoms with van der Waals surface area (Å²) >= 11 is 0. The highest BCUT2D eigenvalue weighted by Gasteiger charge is 2.13. The molecule has 0 bridgehead atoms. The Kier molecular flexibility index (Phi) is 4.51. The Morgan fingerprint density at radius 1 is 1.44 bits per heavy atom. The molecule has 0 N–H and O–H groups in total. The highest BCUT2D eigenvalue weighted by molar-refractivity contribution is 6.16. The SMILES string of the molecule is CCOC(=O)/C(=C/N(C)C)c1ccncc1. The third-order valence-electron chi connectivity index (χ3n) is 1.87. The number of esters is 1. The molecule has 4 nitrogen and oxygen atoms in total. The molecular weight excluding hydrogens is 204 g/mol. The van der Waals surface area contributed by atoms with Crippen molar-refractivity contribution in [1.29, 1.82) is 0 Å². The van der Waals surface area contributed by atoms with Gasteiger partial charge in [0.05, 0.1) is 12.2 Å². The second-order valence-electron chi connectivity index (χ2n) is 3.46. The molecule has 1 aromatic rings. The molecular formula is C12H16N2O2. The van der Waals surface area contributed by atoms with Crippen LogP contribution in [-0.4, -0.2) is 36.6 Å². The summed E-state index contributed by atoms with van der Waals surface area (Å²) in [5.41, 5.74) is 1.34. The van der Waals surface area contributed by atoms with E-state index in [1.807, 2.05) is 19.0 Å². The van der Waals surface area contributed by atoms with Gasteiger partial charge in [-0.05, 0) is 24.6 Å². The van der Waals surface area contributed by atoms with Crippen molar-refractivity contribution >= 4 is 11.5 Å². The van der Waals surface area contributed by atoms with Crippen LogP contribution in [-0.2, 0) is 9.53 Å². The van der Waals surface area contributed by atoms with Gasteiger partial charge in [0.25, 0.3) is 0 Å². The van der Waals surface area contributed by atoms with Crippen LogP contribution in [0.5, 0.6) is 0 Å². The highest BCUT2D eigenvalue weighted by atomic mass is 16.5. The first-order valence-corrected chi connectivity index (χ1v) is 5.11. The number of pyridine rings is 1. The zero-order chi connectivity index (χ0) is 12.0. The number of rotatable bonds is 4. The summed E-state index contributed by atoms with van der Waals surface area (Å²) in [4.78, 5) is 17.5. The molecule has 16 heavy (non-hydrogen) atoms. The van der Waals surface area contributed by atoms with E-state index in [2.05, 4.69) is 4.98 Å². The van der Waals surface area contributed by atoms with Crippen molar-refractivity contribution in [3.8, 4) is 0 Å². The van der Waals surface area contributed by atoms with Gasteiger partial charge in [-0.25, -0.2) is 4.79 Å². The van der Waals surface area contributed by atoms with Crippen LogP contribution in [0.25, 0.3) is 5.57 Å². The fourth-order valence-corrected chi connectivity index (χ4v) is 1.24. The first kappa shape index (κ1) is 12.2. The van der Waals surface area contributed by atoms with Gasteiger partial charge in [-0.15, -0.1) is 0 Å². The van der Waals surface area contributed by atoms with Crippen LogP contribution in [0.15, 0.2) is 30.7 Å². The second kappa shape index (κ2) is 5.90. The van der Waals surface area contributed by atoms with E-state index in [9.17, 15) is 4.79 Å². The normalized spacial score (nSPS) is 11.1. The van der Waals surface area contributed by atoms with E-state index in [4.69, 9.17) is 4.74 Å². The number of hydrogen-bond acceptors (Lipinski definition) is 4. The van der Waals surface area contributed by atoms with Crippen LogP contribution in [0, 0.1) is 0 Å². The zero-order valence-electron chi connectivity index (χ0n) is 9.80. The smallest absolute Gasteiger partial charge is 0.340 e. The molecule has 0 radical (unpaired) electrons. The first-order chi connectivity index (χ1) is 7.65. The van der Waals surface area contributed by atoms with Gasteiger partial charge in [-0.1, -0.05) is 0 Å². The van der Waals surface area contributed by atoms with Gasteiger partial charge < -0.3 is 9.64 Å². The molecule has 0 spiro atoms. The number of ether oxygens (including phenoxy) is 1. The van der Waals surface area contributed by atoms with E-state index in [0.29, 0.717) is 12.2 Å². The molecule has 0 aliphatic heterocycles. The quantitative estimate of drug-likeness (QED) is 0.570. The van der Waals surface area contributed by atoms with Crippen molar-refractivity contribution in [3.63, 3.8) is 0 Å². The van der Waals surface area contributed by atoms with Crippen molar-refractivity contribution in [2.45, 2.75) is 6.92 Å². The average Bonchev–Trinajstić information content (AvgIpc) is 2.27. The van der Waals surface area contributed by atoms with Crippen LogP contribution in [0.1, 0.15) is 12.5 Å². The van der Waals surface area contributed by atoms with E-state index < -0.39 is 0 Å². The monoisotopic (exact) mass is 220 g/mol. The van der Waals surface area contributed by atoms with E-state index in [1.165, 1.54) is 0 Å². The molecule has 0 unspecified atom stereocenters. The molecule has 0 aromatic carbocycles. The van der Waals surface area contributed by atoms with E-state index in [1.54, 1.807) is 37.7 Å². The molecule has 0 saturated carbocycles. The van der Waals surface area contributed by atoms with Crippen LogP contribution in [0.2, 0.25) is 0 Å². The van der Waals surface area contributed by atoms with Crippen molar-refractivity contribution in [2.75, 3.05) is 20.7 Å². The Morgan fingerprint density at radius 2 is 2.06 bits per heavy atom. The van der Waals surface area contributed by atoms with Gasteiger partial charge in [-0.3, -0.25) is 4.98 Å². The Morgan fingerprint density at radius 3 is 2.56 bits per heavy atom. The van der Waals surface area contributed by atoms with Crippen molar-refractivity contribution in [1.82, 2.24) is 9.88 Å². The lowest BCUT2D eigenvalue weighted by Crippen LogP contribution is -2.11. The summed E-state index contributed by atoms with van der Waals surface area (Å²) in [6, 6.07) is 3.57. The maximum atomic E-state index is 11.7. The number of carbonyl (C=O) groups is 1. The van der Waals surface area contributed by atoms with Gasteiger partial charge in [0, 0.05) is 32.7 Å². The van der Waals surface area contributed by atoms with E-state index >= 15 is 0 Å². The minimum absolute atomic E-state index is 0.317. The highest BCUT2D eigenvalue weighted by Crippen LogP contribution is 2.15. The van der Waals surface area contributed by atoms with Crippen LogP contribution >= 0.6 is 0 Å². The lowest BCUT2D eigenvalue weighted by molar-refractivity contribution is -0.136. The minimum atomic E-state index is -0.317. The summed E-state index contributed by atoms with van der Waals surface area (Å²) in [5, 5.41) is 0. The molecule has 1 rings (SSSR count). The minimum Gasteiger partial charge on any atom is -0.462 e. The fourth-order valence-electron chi connectivity index (χ4n) is 1.24. The van der Waals surface area contributed by atoms with Gasteiger partial charge in [0.1, 0.15) is 0 Å². The molecule has 0 fully saturated rings. The predicted octanol–water partition coefficient (Wildman–Crippen LogP) is 1.55. The van der Waals surface area contributed by atoms with Gasteiger partial charge in [0.2, 0.25) is 0 Å². The number of carbonyl (C=O) groups excluding carboxylic acids is 1. The van der Waals surface area contributed by atoms with Crippen molar-refractivity contribution < 1.29 is 9.53 Å². The summed E-state index contributed by atoms with van der Waals surface area (Å²) < 4.78 is 5.01. The Bertz CT molecular complexity index is 372. The summed E-state index contributed by atoms with van der Waals surface area (Å²) in [5.74, 6) is -0.317. The molecule has 0 amide bonds. The number of hydrogen-bond donors (Lipinski definition) is 0. The Balaban J connectivity index is 3.02. The third kappa shape index (κ3) is 3.38. The predicted molar refractivity (Wildman–Crippen MR) is 62.5 cm³/mol. The van der Waals surface area contributed by atoms with Crippen molar-refractivity contribution in [3.05, 3.63) is 36.3 Å². The standard InChI is InChI=1S/C12H16N2O2/c1-4-16-12(15)11(9-14(2)3)10-5-7-13-8-6-10/h5-9H,4H2,1-3H3/b11-9+. The molecule has 0 aliphatic carbocycles. The zero-order valence-corrected chi connectivity index (χ0v) is 9.80. The average molecular weight is 220 g/mol. The van der Waals surface area contributed by atoms with E-state index in [0.717, 1.165) is 5.56 Å². The van der Waals surface area contributed by atoms with Gasteiger partial charge in [0.15, 0.2) is 0 Å². The lowest BCUT2D eigenvalue weighted by atomic mass is 10.1. The molecule has 1 aromatic heterocycles. The second-order valence-corrected chi connectivity index (χ2v) is 3.46. The Labute approximate surface area is 95.6 Å². The Hall–Kier alpha value is -1.84. The van der Waals surface area contributed by atoms with Crippen molar-refractivity contribution in [2.24, 2.45) is 0 Å². The maximum absolute atomic E-state index is 11.7. The fraction of sp³-hybridized carbons (Fsp3) is 0.333. The molecule has 0 saturated heterocycles. The molecule has 0 atom stereocenters. The lowest BCUT2D eigenvalue weighted by Gasteiger charge is -2.11. The largest absolute Gasteiger partial charge is 0.462 e.